The number of hydrogen-bond donors (Lipinski definition) is 3. The lowest BCUT2D eigenvalue weighted by Gasteiger charge is -2.31. The van der Waals surface area contributed by atoms with Crippen LogP contribution in [0.15, 0.2) is 35.6 Å². The van der Waals surface area contributed by atoms with Gasteiger partial charge in [-0.15, -0.1) is 24.2 Å². The van der Waals surface area contributed by atoms with Gasteiger partial charge in [0.15, 0.2) is 0 Å². The number of carbonyl (C=O) groups excluding carboxylic acids is 1. The number of rotatable bonds is 3. The van der Waals surface area contributed by atoms with E-state index in [9.17, 15) is 4.79 Å². The largest absolute Gasteiger partial charge is 0.347 e. The molecule has 1 fully saturated rings. The molecule has 2 aromatic rings. The van der Waals surface area contributed by atoms with Crippen molar-refractivity contribution in [1.29, 1.82) is 0 Å². The molecule has 26 heavy (non-hydrogen) atoms. The number of nitrogens with zero attached hydrogens (tertiary/aromatic N) is 2. The van der Waals surface area contributed by atoms with Crippen molar-refractivity contribution in [1.82, 2.24) is 15.3 Å². The summed E-state index contributed by atoms with van der Waals surface area (Å²) in [7, 11) is 0. The van der Waals surface area contributed by atoms with Crippen LogP contribution in [0, 0.1) is 0 Å². The highest BCUT2D eigenvalue weighted by Crippen LogP contribution is 2.30. The zero-order chi connectivity index (χ0) is 17.2. The zero-order valence-electron chi connectivity index (χ0n) is 14.5. The summed E-state index contributed by atoms with van der Waals surface area (Å²) in [5.41, 5.74) is 8.10. The minimum atomic E-state index is -0.00332. The second-order valence-corrected chi connectivity index (χ2v) is 7.77. The minimum Gasteiger partial charge on any atom is -0.347 e. The molecule has 2 atom stereocenters. The van der Waals surface area contributed by atoms with Crippen molar-refractivity contribution in [2.45, 2.75) is 37.8 Å². The number of thioether (sulfide) groups is 1. The molecule has 0 saturated heterocycles. The second-order valence-electron chi connectivity index (χ2n) is 6.63. The zero-order valence-corrected chi connectivity index (χ0v) is 16.1. The van der Waals surface area contributed by atoms with Crippen molar-refractivity contribution < 1.29 is 4.79 Å². The van der Waals surface area contributed by atoms with E-state index in [1.807, 2.05) is 24.5 Å². The predicted molar refractivity (Wildman–Crippen MR) is 110 cm³/mol. The number of nitrogens with two attached hydrogens (primary N) is 1. The van der Waals surface area contributed by atoms with Crippen molar-refractivity contribution in [3.8, 4) is 0 Å². The fourth-order valence-electron chi connectivity index (χ4n) is 3.59. The third kappa shape index (κ3) is 3.84. The van der Waals surface area contributed by atoms with Gasteiger partial charge in [0, 0.05) is 48.4 Å². The average molecular weight is 394 g/mol. The van der Waals surface area contributed by atoms with Crippen LogP contribution in [-0.4, -0.2) is 40.3 Å². The molecule has 2 aliphatic rings. The molecule has 1 aliphatic carbocycles. The summed E-state index contributed by atoms with van der Waals surface area (Å²) in [5.74, 6) is 0.876. The third-order valence-electron chi connectivity index (χ3n) is 4.97. The highest BCUT2D eigenvalue weighted by Gasteiger charge is 2.26. The van der Waals surface area contributed by atoms with Gasteiger partial charge in [0.2, 0.25) is 0 Å². The summed E-state index contributed by atoms with van der Waals surface area (Å²) < 4.78 is 0. The van der Waals surface area contributed by atoms with E-state index in [1.54, 1.807) is 18.0 Å². The molecule has 2 aromatic heterocycles. The van der Waals surface area contributed by atoms with Gasteiger partial charge in [-0.1, -0.05) is 12.8 Å². The Bertz CT molecular complexity index is 808. The summed E-state index contributed by atoms with van der Waals surface area (Å²) >= 11 is 1.61. The van der Waals surface area contributed by atoms with Gasteiger partial charge in [-0.25, -0.2) is 4.98 Å². The summed E-state index contributed by atoms with van der Waals surface area (Å²) in [4.78, 5) is 23.1. The van der Waals surface area contributed by atoms with Crippen LogP contribution in [0.25, 0.3) is 11.0 Å². The van der Waals surface area contributed by atoms with Crippen LogP contribution in [0.4, 0.5) is 5.69 Å². The van der Waals surface area contributed by atoms with E-state index in [2.05, 4.69) is 20.2 Å². The number of pyridine rings is 1. The number of aromatic nitrogens is 2. The van der Waals surface area contributed by atoms with Gasteiger partial charge in [0.25, 0.3) is 5.91 Å². The molecule has 1 saturated carbocycles. The number of halogens is 1. The van der Waals surface area contributed by atoms with Crippen molar-refractivity contribution in [2.24, 2.45) is 5.73 Å². The first-order valence-electron chi connectivity index (χ1n) is 8.82. The first-order chi connectivity index (χ1) is 12.2. The van der Waals surface area contributed by atoms with E-state index in [1.165, 1.54) is 0 Å². The number of H-pyrrole nitrogens is 1. The molecule has 0 aromatic carbocycles. The van der Waals surface area contributed by atoms with Crippen LogP contribution in [0.1, 0.15) is 25.7 Å². The molecule has 8 heteroatoms. The summed E-state index contributed by atoms with van der Waals surface area (Å²) in [6.45, 7) is 0.870. The Kier molecular flexibility index (Phi) is 6.11. The molecule has 1 amide bonds. The van der Waals surface area contributed by atoms with Crippen LogP contribution in [0.5, 0.6) is 0 Å². The highest BCUT2D eigenvalue weighted by molar-refractivity contribution is 8.04. The Labute approximate surface area is 163 Å². The Morgan fingerprint density at radius 1 is 1.35 bits per heavy atom. The van der Waals surface area contributed by atoms with Crippen LogP contribution >= 0.6 is 24.2 Å². The maximum atomic E-state index is 12.7. The van der Waals surface area contributed by atoms with Crippen molar-refractivity contribution in [2.75, 3.05) is 17.2 Å². The lowest BCUT2D eigenvalue weighted by atomic mass is 9.91. The molecular weight excluding hydrogens is 370 g/mol. The van der Waals surface area contributed by atoms with Gasteiger partial charge in [-0.2, -0.15) is 0 Å². The lowest BCUT2D eigenvalue weighted by Crippen LogP contribution is -2.49. The highest BCUT2D eigenvalue weighted by atomic mass is 35.5. The van der Waals surface area contributed by atoms with E-state index < -0.39 is 0 Å². The first kappa shape index (κ1) is 19.1. The average Bonchev–Trinajstić information content (AvgIpc) is 3.12. The monoisotopic (exact) mass is 393 g/mol. The van der Waals surface area contributed by atoms with Crippen molar-refractivity contribution in [3.05, 3.63) is 35.6 Å². The van der Waals surface area contributed by atoms with Crippen molar-refractivity contribution >= 4 is 46.8 Å². The van der Waals surface area contributed by atoms with Gasteiger partial charge in [-0.05, 0) is 25.0 Å². The summed E-state index contributed by atoms with van der Waals surface area (Å²) in [6, 6.07) is 4.18. The lowest BCUT2D eigenvalue weighted by molar-refractivity contribution is -0.117. The van der Waals surface area contributed by atoms with E-state index in [4.69, 9.17) is 5.73 Å². The van der Waals surface area contributed by atoms with E-state index in [-0.39, 0.29) is 30.4 Å². The Morgan fingerprint density at radius 2 is 2.19 bits per heavy atom. The summed E-state index contributed by atoms with van der Waals surface area (Å²) in [5, 5.41) is 4.21. The number of nitrogens with one attached hydrogen (secondary N) is 2. The van der Waals surface area contributed by atoms with Gasteiger partial charge < -0.3 is 20.9 Å². The number of amides is 1. The molecule has 0 spiro atoms. The number of carbonyl (C=O) groups is 1. The number of aromatic amines is 1. The van der Waals surface area contributed by atoms with Gasteiger partial charge >= 0.3 is 0 Å². The quantitative estimate of drug-likeness (QED) is 0.746. The van der Waals surface area contributed by atoms with E-state index >= 15 is 0 Å². The fourth-order valence-corrected chi connectivity index (χ4v) is 4.49. The molecule has 4 rings (SSSR count). The van der Waals surface area contributed by atoms with Gasteiger partial charge in [0.1, 0.15) is 5.65 Å². The third-order valence-corrected chi connectivity index (χ3v) is 5.96. The minimum absolute atomic E-state index is 0. The van der Waals surface area contributed by atoms with E-state index in [0.29, 0.717) is 0 Å². The number of anilines is 1. The molecular formula is C18H24ClN5OS. The number of fused-ring (bicyclic) bond motifs is 1. The first-order valence-corrected chi connectivity index (χ1v) is 9.81. The Hall–Kier alpha value is -1.70. The molecule has 140 valence electrons. The molecule has 4 N–H and O–H groups in total. The predicted octanol–water partition coefficient (Wildman–Crippen LogP) is 2.77. The maximum Gasteiger partial charge on any atom is 0.259 e. The molecule has 1 aliphatic heterocycles. The fraction of sp³-hybridized carbons (Fsp3) is 0.444. The van der Waals surface area contributed by atoms with Crippen LogP contribution in [0.3, 0.4) is 0 Å². The van der Waals surface area contributed by atoms with Crippen LogP contribution in [0.2, 0.25) is 0 Å². The molecule has 0 unspecified atom stereocenters. The molecule has 0 radical (unpaired) electrons. The van der Waals surface area contributed by atoms with Gasteiger partial charge in [0.05, 0.1) is 10.6 Å². The SMILES string of the molecule is Cl.N[C@@H]1CCCC[C@H]1NC(=O)C1=CN(c2ccnc3[nH]ccc23)CCS1. The van der Waals surface area contributed by atoms with Crippen LogP contribution in [-0.2, 0) is 4.79 Å². The van der Waals surface area contributed by atoms with Gasteiger partial charge in [-0.3, -0.25) is 4.79 Å². The van der Waals surface area contributed by atoms with Crippen LogP contribution < -0.4 is 16.0 Å². The molecule has 3 heterocycles. The number of hydrogen-bond acceptors (Lipinski definition) is 5. The standard InChI is InChI=1S/C18H23N5OS.ClH/c19-13-3-1-2-4-14(13)22-18(24)16-11-23(9-10-25-16)15-6-8-21-17-12(15)5-7-20-17;/h5-8,11,13-14H,1-4,9-10,19H2,(H,20,21)(H,22,24);1H/t13-,14-;/m1./s1. The van der Waals surface area contributed by atoms with E-state index in [0.717, 1.165) is 59.6 Å². The Balaban J connectivity index is 0.00000196. The molecule has 0 bridgehead atoms. The van der Waals surface area contributed by atoms with Crippen molar-refractivity contribution in [3.63, 3.8) is 0 Å². The molecule has 6 nitrogen and oxygen atoms in total. The maximum absolute atomic E-state index is 12.7. The smallest absolute Gasteiger partial charge is 0.259 e. The second kappa shape index (κ2) is 8.33. The Morgan fingerprint density at radius 3 is 3.04 bits per heavy atom. The summed E-state index contributed by atoms with van der Waals surface area (Å²) in [6.07, 6.45) is 9.91. The topological polar surface area (TPSA) is 87.0 Å². The normalized spacial score (nSPS) is 23.3.